The van der Waals surface area contributed by atoms with Crippen molar-refractivity contribution in [2.75, 3.05) is 5.75 Å². The maximum absolute atomic E-state index is 11.8. The van der Waals surface area contributed by atoms with E-state index >= 15 is 0 Å². The lowest BCUT2D eigenvalue weighted by atomic mass is 10.3. The molecule has 0 radical (unpaired) electrons. The number of thioether (sulfide) groups is 1. The summed E-state index contributed by atoms with van der Waals surface area (Å²) >= 11 is 4.94. The Morgan fingerprint density at radius 2 is 2.33 bits per heavy atom. The van der Waals surface area contributed by atoms with E-state index < -0.39 is 0 Å². The van der Waals surface area contributed by atoms with Gasteiger partial charge in [0, 0.05) is 16.4 Å². The minimum absolute atomic E-state index is 0.149. The number of benzene rings is 1. The number of carbonyl (C=O) groups excluding carboxylic acids is 1. The lowest BCUT2D eigenvalue weighted by Gasteiger charge is -2.02. The van der Waals surface area contributed by atoms with E-state index in [0.717, 1.165) is 9.37 Å². The number of hydrogen-bond donors (Lipinski definition) is 0. The van der Waals surface area contributed by atoms with Gasteiger partial charge in [-0.05, 0) is 18.2 Å². The number of aromatic nitrogens is 3. The fourth-order valence-corrected chi connectivity index (χ4v) is 2.79. The number of ketones is 1. The molecule has 2 rings (SSSR count). The molecule has 1 aromatic carbocycles. The van der Waals surface area contributed by atoms with Crippen molar-refractivity contribution in [1.82, 2.24) is 14.8 Å². The molecule has 0 saturated heterocycles. The van der Waals surface area contributed by atoms with Gasteiger partial charge in [0.2, 0.25) is 0 Å². The second kappa shape index (κ2) is 6.15. The average molecular weight is 326 g/mol. The Morgan fingerprint density at radius 3 is 3.00 bits per heavy atom. The molecule has 0 atom stereocenters. The summed E-state index contributed by atoms with van der Waals surface area (Å²) in [5.41, 5.74) is 0. The van der Waals surface area contributed by atoms with E-state index in [1.165, 1.54) is 18.1 Å². The summed E-state index contributed by atoms with van der Waals surface area (Å²) < 4.78 is 2.65. The van der Waals surface area contributed by atoms with Crippen LogP contribution in [0.3, 0.4) is 0 Å². The standard InChI is InChI=1S/C12H12BrN3OS/c1-16-12(14-8-15-16)6-10(17)7-18-11-4-2-3-9(13)5-11/h2-5,8H,6-7H2,1H3. The van der Waals surface area contributed by atoms with Crippen LogP contribution in [0.25, 0.3) is 0 Å². The maximum atomic E-state index is 11.8. The van der Waals surface area contributed by atoms with E-state index in [0.29, 0.717) is 18.0 Å². The molecule has 0 aliphatic carbocycles. The number of carbonyl (C=O) groups is 1. The molecule has 0 N–H and O–H groups in total. The highest BCUT2D eigenvalue weighted by molar-refractivity contribution is 9.10. The van der Waals surface area contributed by atoms with Crippen LogP contribution in [0.4, 0.5) is 0 Å². The molecular formula is C12H12BrN3OS. The lowest BCUT2D eigenvalue weighted by molar-refractivity contribution is -0.116. The molecular weight excluding hydrogens is 314 g/mol. The van der Waals surface area contributed by atoms with Crippen molar-refractivity contribution in [2.45, 2.75) is 11.3 Å². The Morgan fingerprint density at radius 1 is 1.50 bits per heavy atom. The third-order valence-corrected chi connectivity index (χ3v) is 3.90. The topological polar surface area (TPSA) is 47.8 Å². The predicted molar refractivity (Wildman–Crippen MR) is 74.6 cm³/mol. The molecule has 94 valence electrons. The second-order valence-electron chi connectivity index (χ2n) is 3.76. The van der Waals surface area contributed by atoms with Crippen LogP contribution in [0.15, 0.2) is 40.0 Å². The van der Waals surface area contributed by atoms with Crippen molar-refractivity contribution in [2.24, 2.45) is 7.05 Å². The van der Waals surface area contributed by atoms with Crippen LogP contribution in [-0.2, 0) is 18.3 Å². The zero-order valence-electron chi connectivity index (χ0n) is 9.84. The number of aryl methyl sites for hydroxylation is 1. The van der Waals surface area contributed by atoms with Crippen LogP contribution < -0.4 is 0 Å². The van der Waals surface area contributed by atoms with Gasteiger partial charge in [-0.15, -0.1) is 11.8 Å². The molecule has 6 heteroatoms. The molecule has 0 unspecified atom stereocenters. The van der Waals surface area contributed by atoms with Crippen LogP contribution in [-0.4, -0.2) is 26.3 Å². The summed E-state index contributed by atoms with van der Waals surface area (Å²) in [6.45, 7) is 0. The Balaban J connectivity index is 1.87. The normalized spacial score (nSPS) is 10.6. The quantitative estimate of drug-likeness (QED) is 0.792. The van der Waals surface area contributed by atoms with Crippen molar-refractivity contribution in [3.63, 3.8) is 0 Å². The maximum Gasteiger partial charge on any atom is 0.150 e. The number of Topliss-reactive ketones (excluding diaryl/α,β-unsaturated/α-hetero) is 1. The first kappa shape index (κ1) is 13.3. The zero-order chi connectivity index (χ0) is 13.0. The van der Waals surface area contributed by atoms with Gasteiger partial charge in [-0.1, -0.05) is 22.0 Å². The van der Waals surface area contributed by atoms with Crippen molar-refractivity contribution in [3.05, 3.63) is 40.9 Å². The molecule has 4 nitrogen and oxygen atoms in total. The Bertz CT molecular complexity index is 556. The van der Waals surface area contributed by atoms with Crippen LogP contribution in [0.2, 0.25) is 0 Å². The highest BCUT2D eigenvalue weighted by Gasteiger charge is 2.09. The largest absolute Gasteiger partial charge is 0.298 e. The van der Waals surface area contributed by atoms with Gasteiger partial charge in [0.05, 0.1) is 12.2 Å². The molecule has 1 heterocycles. The van der Waals surface area contributed by atoms with Gasteiger partial charge in [0.15, 0.2) is 5.78 Å². The van der Waals surface area contributed by atoms with Crippen LogP contribution in [0, 0.1) is 0 Å². The van der Waals surface area contributed by atoms with Gasteiger partial charge in [-0.25, -0.2) is 4.98 Å². The van der Waals surface area contributed by atoms with Crippen LogP contribution in [0.1, 0.15) is 5.82 Å². The number of hydrogen-bond acceptors (Lipinski definition) is 4. The van der Waals surface area contributed by atoms with Crippen molar-refractivity contribution in [1.29, 1.82) is 0 Å². The van der Waals surface area contributed by atoms with Gasteiger partial charge in [-0.2, -0.15) is 5.10 Å². The molecule has 18 heavy (non-hydrogen) atoms. The summed E-state index contributed by atoms with van der Waals surface area (Å²) in [7, 11) is 1.79. The number of nitrogens with zero attached hydrogens (tertiary/aromatic N) is 3. The first-order chi connectivity index (χ1) is 8.65. The van der Waals surface area contributed by atoms with Crippen molar-refractivity contribution < 1.29 is 4.79 Å². The van der Waals surface area contributed by atoms with Gasteiger partial charge in [0.1, 0.15) is 12.2 Å². The van der Waals surface area contributed by atoms with E-state index in [1.807, 2.05) is 24.3 Å². The summed E-state index contributed by atoms with van der Waals surface area (Å²) in [5.74, 6) is 1.30. The summed E-state index contributed by atoms with van der Waals surface area (Å²) in [6.07, 6.45) is 1.79. The molecule has 2 aromatic rings. The van der Waals surface area contributed by atoms with Gasteiger partial charge < -0.3 is 0 Å². The van der Waals surface area contributed by atoms with E-state index in [9.17, 15) is 4.79 Å². The minimum atomic E-state index is 0.149. The summed E-state index contributed by atoms with van der Waals surface area (Å²) in [6, 6.07) is 7.91. The Hall–Kier alpha value is -1.14. The fraction of sp³-hybridized carbons (Fsp3) is 0.250. The zero-order valence-corrected chi connectivity index (χ0v) is 12.2. The second-order valence-corrected chi connectivity index (χ2v) is 5.73. The van der Waals surface area contributed by atoms with E-state index in [4.69, 9.17) is 0 Å². The third-order valence-electron chi connectivity index (χ3n) is 2.36. The van der Waals surface area contributed by atoms with Gasteiger partial charge in [0.25, 0.3) is 0 Å². The molecule has 0 bridgehead atoms. The third kappa shape index (κ3) is 3.68. The van der Waals surface area contributed by atoms with E-state index in [-0.39, 0.29) is 5.78 Å². The summed E-state index contributed by atoms with van der Waals surface area (Å²) in [4.78, 5) is 16.9. The van der Waals surface area contributed by atoms with E-state index in [1.54, 1.807) is 11.7 Å². The Labute approximate surface area is 118 Å². The highest BCUT2D eigenvalue weighted by atomic mass is 79.9. The highest BCUT2D eigenvalue weighted by Crippen LogP contribution is 2.22. The number of rotatable bonds is 5. The minimum Gasteiger partial charge on any atom is -0.298 e. The van der Waals surface area contributed by atoms with Crippen LogP contribution >= 0.6 is 27.7 Å². The molecule has 0 aliphatic rings. The lowest BCUT2D eigenvalue weighted by Crippen LogP contribution is -2.10. The molecule has 1 aromatic heterocycles. The predicted octanol–water partition coefficient (Wildman–Crippen LogP) is 2.48. The molecule has 0 amide bonds. The molecule has 0 saturated carbocycles. The van der Waals surface area contributed by atoms with Gasteiger partial charge >= 0.3 is 0 Å². The van der Waals surface area contributed by atoms with Crippen molar-refractivity contribution >= 4 is 33.5 Å². The SMILES string of the molecule is Cn1ncnc1CC(=O)CSc1cccc(Br)c1. The smallest absolute Gasteiger partial charge is 0.150 e. The first-order valence-corrected chi connectivity index (χ1v) is 7.16. The Kier molecular flexibility index (Phi) is 4.54. The number of halogens is 1. The average Bonchev–Trinajstić information content (AvgIpc) is 2.73. The summed E-state index contributed by atoms with van der Waals surface area (Å²) in [5, 5.41) is 3.94. The first-order valence-electron chi connectivity index (χ1n) is 5.38. The fourth-order valence-electron chi connectivity index (χ4n) is 1.43. The van der Waals surface area contributed by atoms with Crippen LogP contribution in [0.5, 0.6) is 0 Å². The monoisotopic (exact) mass is 325 g/mol. The molecule has 0 spiro atoms. The molecule has 0 aliphatic heterocycles. The molecule has 0 fully saturated rings. The van der Waals surface area contributed by atoms with Crippen molar-refractivity contribution in [3.8, 4) is 0 Å². The van der Waals surface area contributed by atoms with Gasteiger partial charge in [-0.3, -0.25) is 9.48 Å². The van der Waals surface area contributed by atoms with E-state index in [2.05, 4.69) is 26.0 Å².